The van der Waals surface area contributed by atoms with Crippen LogP contribution in [0.3, 0.4) is 0 Å². The number of hydrogen-bond acceptors (Lipinski definition) is 6. The van der Waals surface area contributed by atoms with Gasteiger partial charge in [-0.15, -0.1) is 0 Å². The lowest BCUT2D eigenvalue weighted by molar-refractivity contribution is -0.0218. The fourth-order valence-electron chi connectivity index (χ4n) is 3.70. The molecule has 2 fully saturated rings. The first-order chi connectivity index (χ1) is 10.9. The summed E-state index contributed by atoms with van der Waals surface area (Å²) in [4.78, 5) is 18.4. The Kier molecular flexibility index (Phi) is 4.44. The predicted molar refractivity (Wildman–Crippen MR) is 83.1 cm³/mol. The van der Waals surface area contributed by atoms with Crippen molar-refractivity contribution in [3.63, 3.8) is 0 Å². The van der Waals surface area contributed by atoms with Gasteiger partial charge in [0.1, 0.15) is 6.26 Å². The molecule has 2 aliphatic heterocycles. The minimum atomic E-state index is -0.856. The second kappa shape index (κ2) is 6.22. The van der Waals surface area contributed by atoms with E-state index in [1.54, 1.807) is 11.8 Å². The Morgan fingerprint density at radius 3 is 3.00 bits per heavy atom. The lowest BCUT2D eigenvalue weighted by Crippen LogP contribution is -2.51. The van der Waals surface area contributed by atoms with Crippen LogP contribution in [0.1, 0.15) is 36.1 Å². The van der Waals surface area contributed by atoms with Crippen molar-refractivity contribution in [2.45, 2.75) is 44.4 Å². The lowest BCUT2D eigenvalue weighted by Gasteiger charge is -2.38. The molecule has 0 unspecified atom stereocenters. The third-order valence-corrected chi connectivity index (χ3v) is 5.04. The van der Waals surface area contributed by atoms with Gasteiger partial charge in [0.25, 0.3) is 5.91 Å². The number of aliphatic hydroxyl groups is 1. The zero-order valence-electron chi connectivity index (χ0n) is 13.9. The molecule has 1 aromatic rings. The highest BCUT2D eigenvalue weighted by Crippen LogP contribution is 2.33. The molecule has 2 N–H and O–H groups in total. The smallest absolute Gasteiger partial charge is 0.275 e. The molecular weight excluding hydrogens is 298 g/mol. The molecule has 0 aliphatic carbocycles. The summed E-state index contributed by atoms with van der Waals surface area (Å²) < 4.78 is 11.1. The number of fused-ring (bicyclic) bond motifs is 1. The Morgan fingerprint density at radius 2 is 2.35 bits per heavy atom. The summed E-state index contributed by atoms with van der Waals surface area (Å²) in [7, 11) is 1.83. The second-order valence-corrected chi connectivity index (χ2v) is 6.83. The van der Waals surface area contributed by atoms with Gasteiger partial charge >= 0.3 is 0 Å². The van der Waals surface area contributed by atoms with E-state index in [9.17, 15) is 9.90 Å². The van der Waals surface area contributed by atoms with Crippen molar-refractivity contribution in [3.8, 4) is 0 Å². The summed E-state index contributed by atoms with van der Waals surface area (Å²) in [6.07, 6.45) is 2.87. The Bertz CT molecular complexity index is 571. The summed E-state index contributed by atoms with van der Waals surface area (Å²) in [5.41, 5.74) is -0.514. The fourth-order valence-corrected chi connectivity index (χ4v) is 3.70. The molecule has 23 heavy (non-hydrogen) atoms. The monoisotopic (exact) mass is 323 g/mol. The van der Waals surface area contributed by atoms with Crippen LogP contribution in [0.5, 0.6) is 0 Å². The number of ether oxygens (including phenoxy) is 1. The number of carbonyl (C=O) groups excluding carboxylic acids is 1. The number of amides is 1. The van der Waals surface area contributed by atoms with Crippen molar-refractivity contribution in [2.24, 2.45) is 5.92 Å². The van der Waals surface area contributed by atoms with E-state index in [1.807, 2.05) is 14.0 Å². The summed E-state index contributed by atoms with van der Waals surface area (Å²) in [6, 6.07) is -0.101. The maximum atomic E-state index is 12.5. The number of aryl methyl sites for hydroxylation is 1. The third-order valence-electron chi connectivity index (χ3n) is 5.04. The summed E-state index contributed by atoms with van der Waals surface area (Å²) >= 11 is 0. The Balaban J connectivity index is 1.72. The first kappa shape index (κ1) is 16.4. The Hall–Kier alpha value is -1.44. The van der Waals surface area contributed by atoms with Crippen molar-refractivity contribution in [1.29, 1.82) is 0 Å². The zero-order valence-corrected chi connectivity index (χ0v) is 13.9. The van der Waals surface area contributed by atoms with Gasteiger partial charge in [-0.05, 0) is 26.8 Å². The van der Waals surface area contributed by atoms with Gasteiger partial charge < -0.3 is 24.5 Å². The van der Waals surface area contributed by atoms with Gasteiger partial charge in [0.15, 0.2) is 11.6 Å². The average Bonchev–Trinajstić information content (AvgIpc) is 2.88. The molecule has 0 bridgehead atoms. The largest absolute Gasteiger partial charge is 0.448 e. The summed E-state index contributed by atoms with van der Waals surface area (Å²) in [6.45, 7) is 5.25. The van der Waals surface area contributed by atoms with E-state index in [0.29, 0.717) is 37.7 Å². The maximum absolute atomic E-state index is 12.5. The molecular formula is C16H25N3O4. The minimum Gasteiger partial charge on any atom is -0.448 e. The van der Waals surface area contributed by atoms with Gasteiger partial charge in [-0.2, -0.15) is 0 Å². The van der Waals surface area contributed by atoms with Crippen LogP contribution in [0.15, 0.2) is 10.7 Å². The molecule has 2 saturated heterocycles. The van der Waals surface area contributed by atoms with E-state index >= 15 is 0 Å². The number of nitrogens with one attached hydrogen (secondary N) is 1. The molecule has 2 aliphatic rings. The van der Waals surface area contributed by atoms with E-state index in [1.165, 1.54) is 6.26 Å². The number of likely N-dealkylation sites (N-methyl/N-ethyl adjacent to an activating group) is 1. The van der Waals surface area contributed by atoms with E-state index < -0.39 is 5.60 Å². The van der Waals surface area contributed by atoms with E-state index in [2.05, 4.69) is 10.3 Å². The predicted octanol–water partition coefficient (Wildman–Crippen LogP) is 0.573. The second-order valence-electron chi connectivity index (χ2n) is 6.83. The van der Waals surface area contributed by atoms with Crippen molar-refractivity contribution < 1.29 is 19.1 Å². The summed E-state index contributed by atoms with van der Waals surface area (Å²) in [5, 5.41) is 13.9. The fraction of sp³-hybridized carbons (Fsp3) is 0.750. The first-order valence-electron chi connectivity index (χ1n) is 8.13. The molecule has 7 heteroatoms. The molecule has 7 nitrogen and oxygen atoms in total. The number of oxazole rings is 1. The average molecular weight is 323 g/mol. The highest BCUT2D eigenvalue weighted by molar-refractivity contribution is 5.92. The number of nitrogens with zero attached hydrogens (tertiary/aromatic N) is 2. The molecule has 4 atom stereocenters. The van der Waals surface area contributed by atoms with Gasteiger partial charge in [-0.3, -0.25) is 4.79 Å². The number of rotatable bonds is 2. The number of likely N-dealkylation sites (tertiary alicyclic amines) is 1. The van der Waals surface area contributed by atoms with Crippen LogP contribution in [0.4, 0.5) is 0 Å². The van der Waals surface area contributed by atoms with E-state index in [0.717, 1.165) is 6.42 Å². The SMILES string of the molecule is CN[C@@H]1CO[C@@H]2CCN(C(=O)c3coc(C)n3)C[C@@H]2C[C@@]1(C)O. The zero-order chi connectivity index (χ0) is 16.6. The van der Waals surface area contributed by atoms with Crippen LogP contribution >= 0.6 is 0 Å². The number of aromatic nitrogens is 1. The molecule has 0 aromatic carbocycles. The van der Waals surface area contributed by atoms with Crippen LogP contribution in [-0.2, 0) is 4.74 Å². The maximum Gasteiger partial charge on any atom is 0.275 e. The molecule has 0 saturated carbocycles. The third kappa shape index (κ3) is 3.27. The Labute approximate surface area is 136 Å². The van der Waals surface area contributed by atoms with Crippen molar-refractivity contribution in [3.05, 3.63) is 17.8 Å². The first-order valence-corrected chi connectivity index (χ1v) is 8.13. The number of hydrogen-bond donors (Lipinski definition) is 2. The molecule has 1 amide bonds. The van der Waals surface area contributed by atoms with Gasteiger partial charge in [0.05, 0.1) is 24.4 Å². The van der Waals surface area contributed by atoms with E-state index in [4.69, 9.17) is 9.15 Å². The van der Waals surface area contributed by atoms with Crippen molar-refractivity contribution in [2.75, 3.05) is 26.7 Å². The molecule has 1 aromatic heterocycles. The van der Waals surface area contributed by atoms with Crippen LogP contribution in [0, 0.1) is 12.8 Å². The highest BCUT2D eigenvalue weighted by atomic mass is 16.5. The molecule has 0 radical (unpaired) electrons. The minimum absolute atomic E-state index is 0.0860. The van der Waals surface area contributed by atoms with Crippen LogP contribution in [-0.4, -0.2) is 65.4 Å². The van der Waals surface area contributed by atoms with Crippen LogP contribution in [0.25, 0.3) is 0 Å². The van der Waals surface area contributed by atoms with E-state index in [-0.39, 0.29) is 24.0 Å². The number of piperidine rings is 1. The standard InChI is InChI=1S/C16H25N3O4/c1-10-18-12(8-22-10)15(20)19-5-4-13-11(7-19)6-16(2,21)14(17-3)9-23-13/h8,11,13-14,17,21H,4-7,9H2,1-3H3/t11-,13+,14+,16+/m0/s1. The Morgan fingerprint density at radius 1 is 1.57 bits per heavy atom. The number of carbonyl (C=O) groups is 1. The highest BCUT2D eigenvalue weighted by Gasteiger charge is 2.43. The van der Waals surface area contributed by atoms with Crippen molar-refractivity contribution in [1.82, 2.24) is 15.2 Å². The quantitative estimate of drug-likeness (QED) is 0.827. The lowest BCUT2D eigenvalue weighted by atomic mass is 9.82. The molecule has 3 rings (SSSR count). The normalized spacial score (nSPS) is 34.8. The van der Waals surface area contributed by atoms with Gasteiger partial charge in [-0.25, -0.2) is 4.98 Å². The molecule has 3 heterocycles. The topological polar surface area (TPSA) is 87.8 Å². The van der Waals surface area contributed by atoms with Crippen molar-refractivity contribution >= 4 is 5.91 Å². The van der Waals surface area contributed by atoms with Gasteiger partial charge in [0, 0.05) is 25.9 Å². The van der Waals surface area contributed by atoms with Crippen LogP contribution < -0.4 is 5.32 Å². The molecule has 0 spiro atoms. The summed E-state index contributed by atoms with van der Waals surface area (Å²) in [5.74, 6) is 0.490. The van der Waals surface area contributed by atoms with Gasteiger partial charge in [0.2, 0.25) is 0 Å². The van der Waals surface area contributed by atoms with Crippen LogP contribution in [0.2, 0.25) is 0 Å². The molecule has 128 valence electrons. The van der Waals surface area contributed by atoms with Gasteiger partial charge in [-0.1, -0.05) is 0 Å².